The van der Waals surface area contributed by atoms with Crippen molar-refractivity contribution < 1.29 is 51.4 Å². The highest BCUT2D eigenvalue weighted by atomic mass is 33.1. The van der Waals surface area contributed by atoms with Crippen molar-refractivity contribution in [3.05, 3.63) is 102 Å². The highest BCUT2D eigenvalue weighted by molar-refractivity contribution is 8.72. The Bertz CT molecular complexity index is 3570. The van der Waals surface area contributed by atoms with Crippen LogP contribution in [0.3, 0.4) is 0 Å². The van der Waals surface area contributed by atoms with E-state index >= 15 is 0 Å². The molecule has 1 aliphatic carbocycles. The maximum Gasteiger partial charge on any atom is 0.508 e. The molecule has 0 spiro atoms. The molecule has 2 bridgehead atoms. The van der Waals surface area contributed by atoms with E-state index in [4.69, 9.17) is 29.2 Å². The molecular weight excluding hydrogens is 1210 g/mol. The van der Waals surface area contributed by atoms with Gasteiger partial charge in [-0.3, -0.25) is 19.4 Å². The monoisotopic (exact) mass is 1290 g/mol. The van der Waals surface area contributed by atoms with Gasteiger partial charge >= 0.3 is 6.16 Å². The van der Waals surface area contributed by atoms with E-state index in [9.17, 15) is 27.9 Å². The maximum absolute atomic E-state index is 14.9. The second kappa shape index (κ2) is 28.1. The quantitative estimate of drug-likeness (QED) is 0.0399. The Morgan fingerprint density at radius 2 is 1.64 bits per heavy atom. The van der Waals surface area contributed by atoms with E-state index in [1.54, 1.807) is 29.5 Å². The van der Waals surface area contributed by atoms with Crippen LogP contribution in [-0.2, 0) is 27.9 Å². The predicted molar refractivity (Wildman–Crippen MR) is 345 cm³/mol. The van der Waals surface area contributed by atoms with Crippen molar-refractivity contribution in [3.8, 4) is 39.2 Å². The number of phenols is 1. The number of rotatable bonds is 23. The number of thiazole rings is 1. The van der Waals surface area contributed by atoms with Crippen molar-refractivity contribution in [1.82, 2.24) is 45.3 Å². The van der Waals surface area contributed by atoms with Crippen molar-refractivity contribution in [2.45, 2.75) is 133 Å². The minimum absolute atomic E-state index is 0.00559. The van der Waals surface area contributed by atoms with E-state index in [1.807, 2.05) is 87.9 Å². The van der Waals surface area contributed by atoms with E-state index in [2.05, 4.69) is 63.2 Å². The number of nitrogen functional groups attached to an aromatic ring is 1. The molecule has 2 amide bonds. The highest BCUT2D eigenvalue weighted by Crippen LogP contribution is 2.44. The summed E-state index contributed by atoms with van der Waals surface area (Å²) >= 11 is 1.56. The molecule has 6 aromatic rings. The Morgan fingerprint density at radius 3 is 2.36 bits per heavy atom. The summed E-state index contributed by atoms with van der Waals surface area (Å²) in [6, 6.07) is 22.0. The number of pyridine rings is 1. The van der Waals surface area contributed by atoms with Crippen molar-refractivity contribution >= 4 is 66.2 Å². The zero-order chi connectivity index (χ0) is 63.3. The normalized spacial score (nSPS) is 21.9. The Hall–Kier alpha value is -7.26. The largest absolute Gasteiger partial charge is 0.508 e. The molecule has 2 aromatic carbocycles. The van der Waals surface area contributed by atoms with Gasteiger partial charge in [-0.05, 0) is 104 Å². The van der Waals surface area contributed by atoms with Crippen LogP contribution in [0.4, 0.5) is 22.0 Å². The van der Waals surface area contributed by atoms with Crippen LogP contribution in [0.2, 0.25) is 0 Å². The van der Waals surface area contributed by atoms with Crippen LogP contribution >= 0.6 is 22.1 Å². The minimum atomic E-state index is -3.45. The average molecular weight is 1290 g/mol. The lowest BCUT2D eigenvalue weighted by molar-refractivity contribution is -0.141. The number of anilines is 3. The summed E-state index contributed by atoms with van der Waals surface area (Å²) in [7, 11) is -2.61. The third-order valence-electron chi connectivity index (χ3n) is 18.1. The first-order valence-corrected chi connectivity index (χ1v) is 35.3. The van der Waals surface area contributed by atoms with E-state index in [1.165, 1.54) is 4.90 Å². The van der Waals surface area contributed by atoms with Gasteiger partial charge in [0.25, 0.3) is 5.88 Å². The topological polar surface area (TPSA) is 274 Å². The molecule has 26 heteroatoms. The number of fused-ring (bicyclic) bond motifs is 2. The number of phenolic OH excluding ortho intramolecular Hbond substituents is 1. The number of carbonyl (C=O) groups excluding carboxylic acids is 3. The number of amides is 2. The first kappa shape index (κ1) is 64.3. The molecule has 4 aromatic heterocycles. The number of likely N-dealkylation sites (tertiary alicyclic amines) is 1. The van der Waals surface area contributed by atoms with Crippen LogP contribution in [0.1, 0.15) is 108 Å². The van der Waals surface area contributed by atoms with E-state index in [0.29, 0.717) is 55.6 Å². The van der Waals surface area contributed by atoms with Gasteiger partial charge in [-0.1, -0.05) is 69.5 Å². The van der Waals surface area contributed by atoms with Gasteiger partial charge < -0.3 is 54.3 Å². The molecule has 5 aliphatic rings. The summed E-state index contributed by atoms with van der Waals surface area (Å²) in [5.74, 6) is -0.364. The van der Waals surface area contributed by atoms with E-state index in [-0.39, 0.29) is 61.0 Å². The fraction of sp³-hybridized carbons (Fsp3) is 0.531. The number of aromatic nitrogens is 5. The number of aromatic hydroxyl groups is 1. The van der Waals surface area contributed by atoms with Gasteiger partial charge in [-0.2, -0.15) is 0 Å². The smallest absolute Gasteiger partial charge is 0.507 e. The Kier molecular flexibility index (Phi) is 20.1. The molecular formula is C64H82N12O11S3. The zero-order valence-electron chi connectivity index (χ0n) is 51.9. The number of ether oxygens (including phenoxy) is 4. The van der Waals surface area contributed by atoms with E-state index < -0.39 is 55.7 Å². The van der Waals surface area contributed by atoms with Gasteiger partial charge in [0.2, 0.25) is 17.7 Å². The number of nitrogens with zero attached hydrogens (tertiary/aromatic N) is 10. The number of para-hydroxylation sites is 1. The summed E-state index contributed by atoms with van der Waals surface area (Å²) in [5.41, 5.74) is 14.1. The van der Waals surface area contributed by atoms with Gasteiger partial charge in [0, 0.05) is 106 Å². The number of aryl methyl sites for hydroxylation is 1. The van der Waals surface area contributed by atoms with Gasteiger partial charge in [0.05, 0.1) is 44.8 Å². The molecule has 1 saturated carbocycles. The standard InChI is InChI=1S/C64H82N12O11S3/c1-40(2)58(62(79)75-37-49(86-63(80)85-38-64(89-90(6,81)82)21-10-7-11-22-64)31-53(75)61(78)68-42(4)44-14-16-45(17-15-44)59-43(5)67-39-88-59)55-33-57(71-87-55)84-28-26-72-24-25-73(41(3)34-72)27-29-83-56-30-46(20-23-66-56)76-47-18-19-48(76)36-74(35-47)52-32-51(69-70-60(52)65)50-12-8-9-13-54(50)77/h8-9,12-17,20,23,30,32-33,39-42,47-49,53,58,77H,7,10-11,18-19,21-22,24-29,31,34-38H2,1-6H3,(H2,65,70)(H,68,78)/t41-,42+,47?,48?,49-,53+,58-/m1/s1. The first-order chi connectivity index (χ1) is 43.3. The Morgan fingerprint density at radius 1 is 0.900 bits per heavy atom. The third-order valence-corrected chi connectivity index (χ3v) is 22.3. The second-order valence-corrected chi connectivity index (χ2v) is 30.5. The van der Waals surface area contributed by atoms with Crippen LogP contribution in [0, 0.1) is 12.8 Å². The number of nitrogens with two attached hydrogens (primary N) is 1. The van der Waals surface area contributed by atoms with Gasteiger partial charge in [-0.25, -0.2) is 23.2 Å². The van der Waals surface area contributed by atoms with Crippen molar-refractivity contribution in [1.29, 1.82) is 0 Å². The lowest BCUT2D eigenvalue weighted by Gasteiger charge is -2.43. The molecule has 0 radical (unpaired) electrons. The van der Waals surface area contributed by atoms with Crippen LogP contribution in [-0.4, -0.2) is 185 Å². The molecule has 23 nitrogen and oxygen atoms in total. The lowest BCUT2D eigenvalue weighted by Crippen LogP contribution is -2.54. The number of hydrogen-bond acceptors (Lipinski definition) is 23. The number of hydrogen-bond donors (Lipinski definition) is 3. The molecule has 2 unspecified atom stereocenters. The summed E-state index contributed by atoms with van der Waals surface area (Å²) in [6.07, 6.45) is 6.93. The molecule has 8 heterocycles. The van der Waals surface area contributed by atoms with Crippen LogP contribution < -0.4 is 30.3 Å². The molecule has 4 aliphatic heterocycles. The molecule has 90 heavy (non-hydrogen) atoms. The van der Waals surface area contributed by atoms with Gasteiger partial charge in [0.1, 0.15) is 43.6 Å². The predicted octanol–water partition coefficient (Wildman–Crippen LogP) is 8.70. The fourth-order valence-electron chi connectivity index (χ4n) is 13.6. The molecule has 11 rings (SSSR count). The Labute approximate surface area is 533 Å². The number of carbonyl (C=O) groups is 3. The number of benzene rings is 2. The molecule has 5 fully saturated rings. The molecule has 482 valence electrons. The van der Waals surface area contributed by atoms with Crippen LogP contribution in [0.25, 0.3) is 21.7 Å². The number of nitrogens with one attached hydrogen (secondary N) is 1. The lowest BCUT2D eigenvalue weighted by atomic mass is 9.89. The first-order valence-electron chi connectivity index (χ1n) is 31.2. The zero-order valence-corrected chi connectivity index (χ0v) is 54.4. The molecule has 4 saturated heterocycles. The maximum atomic E-state index is 14.9. The Balaban J connectivity index is 0.663. The molecule has 4 N–H and O–H groups in total. The second-order valence-electron chi connectivity index (χ2n) is 24.9. The van der Waals surface area contributed by atoms with E-state index in [0.717, 1.165) is 121 Å². The number of piperazine rings is 2. The van der Waals surface area contributed by atoms with Gasteiger partial charge in [0.15, 0.2) is 20.4 Å². The van der Waals surface area contributed by atoms with Gasteiger partial charge in [-0.15, -0.1) is 21.5 Å². The SMILES string of the molecule is Cc1ncsc1-c1ccc([C@H](C)NC(=O)[C@@H]2C[C@@H](OC(=O)OCC3(SS(C)(=O)=O)CCCCC3)CN2C(=O)[C@@H](c2cc(OCCN3CCN(CCOc4cc(N5C6CCC5CN(c5cc(-c7ccccc7O)nnc5N)C6)ccn4)[C@H](C)C3)no2)C(C)C)cc1. The summed E-state index contributed by atoms with van der Waals surface area (Å²) in [4.78, 5) is 63.9. The average Bonchev–Trinajstić information content (AvgIpc) is 1.69. The summed E-state index contributed by atoms with van der Waals surface area (Å²) in [6.45, 7) is 15.8. The van der Waals surface area contributed by atoms with Crippen molar-refractivity contribution in [2.24, 2.45) is 5.92 Å². The summed E-state index contributed by atoms with van der Waals surface area (Å²) < 4.78 is 53.9. The van der Waals surface area contributed by atoms with Crippen molar-refractivity contribution in [2.75, 3.05) is 94.0 Å². The summed E-state index contributed by atoms with van der Waals surface area (Å²) in [5, 5.41) is 26.4. The third kappa shape index (κ3) is 15.2. The highest BCUT2D eigenvalue weighted by Gasteiger charge is 2.47. The van der Waals surface area contributed by atoms with Crippen LogP contribution in [0.5, 0.6) is 17.5 Å². The van der Waals surface area contributed by atoms with Crippen LogP contribution in [0.15, 0.2) is 89.0 Å². The fourth-order valence-corrected chi connectivity index (χ4v) is 18.2. The molecule has 7 atom stereocenters. The minimum Gasteiger partial charge on any atom is -0.507 e. The van der Waals surface area contributed by atoms with Crippen molar-refractivity contribution in [3.63, 3.8) is 0 Å².